The molecule has 1 unspecified atom stereocenters. The molecule has 0 aliphatic heterocycles. The van der Waals surface area contributed by atoms with Crippen LogP contribution >= 0.6 is 0 Å². The third kappa shape index (κ3) is 3.33. The second-order valence-electron chi connectivity index (χ2n) is 7.15. The maximum Gasteiger partial charge on any atom is 0.276 e. The number of carbonyl (C=O) groups is 1. The molecule has 25 heavy (non-hydrogen) atoms. The molecule has 1 atom stereocenters. The first-order valence-corrected chi connectivity index (χ1v) is 9.21. The van der Waals surface area contributed by atoms with Gasteiger partial charge in [0, 0.05) is 18.5 Å². The largest absolute Gasteiger partial charge is 0.394 e. The molecule has 0 radical (unpaired) electrons. The summed E-state index contributed by atoms with van der Waals surface area (Å²) < 4.78 is 5.44. The highest BCUT2D eigenvalue weighted by atomic mass is 16.5. The number of aromatic nitrogens is 1. The normalized spacial score (nSPS) is 17.8. The molecule has 5 heteroatoms. The van der Waals surface area contributed by atoms with Gasteiger partial charge in [-0.2, -0.15) is 0 Å². The van der Waals surface area contributed by atoms with Crippen molar-refractivity contribution in [3.8, 4) is 0 Å². The molecule has 4 rings (SSSR count). The van der Waals surface area contributed by atoms with Crippen LogP contribution < -0.4 is 0 Å². The molecule has 0 saturated heterocycles. The van der Waals surface area contributed by atoms with Crippen molar-refractivity contribution in [1.82, 2.24) is 10.1 Å². The highest BCUT2D eigenvalue weighted by Gasteiger charge is 2.39. The van der Waals surface area contributed by atoms with Crippen LogP contribution in [0.25, 0.3) is 0 Å². The van der Waals surface area contributed by atoms with Crippen molar-refractivity contribution >= 4 is 5.91 Å². The van der Waals surface area contributed by atoms with Gasteiger partial charge in [0.15, 0.2) is 5.69 Å². The summed E-state index contributed by atoms with van der Waals surface area (Å²) >= 11 is 0. The second kappa shape index (κ2) is 7.00. The Balaban J connectivity index is 1.64. The molecule has 132 valence electrons. The number of amides is 1. The third-order valence-corrected chi connectivity index (χ3v) is 5.36. The Morgan fingerprint density at radius 3 is 2.72 bits per heavy atom. The van der Waals surface area contributed by atoms with Crippen LogP contribution in [-0.4, -0.2) is 33.7 Å². The van der Waals surface area contributed by atoms with Gasteiger partial charge in [0.2, 0.25) is 0 Å². The monoisotopic (exact) mass is 340 g/mol. The number of hydrogen-bond acceptors (Lipinski definition) is 4. The Labute approximate surface area is 147 Å². The number of aliphatic hydroxyl groups excluding tert-OH is 1. The number of hydrogen-bond donors (Lipinski definition) is 1. The summed E-state index contributed by atoms with van der Waals surface area (Å²) in [5.41, 5.74) is 2.49. The van der Waals surface area contributed by atoms with Crippen LogP contribution in [0.3, 0.4) is 0 Å². The summed E-state index contributed by atoms with van der Waals surface area (Å²) in [6.07, 6.45) is 6.01. The minimum atomic E-state index is -0.149. The van der Waals surface area contributed by atoms with Crippen LogP contribution in [0.5, 0.6) is 0 Å². The van der Waals surface area contributed by atoms with E-state index in [1.165, 1.54) is 0 Å². The summed E-state index contributed by atoms with van der Waals surface area (Å²) in [5.74, 6) is 1.14. The average molecular weight is 340 g/mol. The summed E-state index contributed by atoms with van der Waals surface area (Å²) in [6.45, 7) is 0.478. The lowest BCUT2D eigenvalue weighted by molar-refractivity contribution is 0.0520. The summed E-state index contributed by atoms with van der Waals surface area (Å²) in [7, 11) is 0. The van der Waals surface area contributed by atoms with Crippen molar-refractivity contribution in [2.75, 3.05) is 6.61 Å². The van der Waals surface area contributed by atoms with Gasteiger partial charge < -0.3 is 14.5 Å². The van der Waals surface area contributed by atoms with Crippen molar-refractivity contribution in [2.45, 2.75) is 51.1 Å². The zero-order valence-electron chi connectivity index (χ0n) is 14.4. The second-order valence-corrected chi connectivity index (χ2v) is 7.15. The number of fused-ring (bicyclic) bond motifs is 1. The molecular weight excluding hydrogens is 316 g/mol. The molecule has 1 heterocycles. The van der Waals surface area contributed by atoms with Crippen LogP contribution in [0.15, 0.2) is 34.9 Å². The topological polar surface area (TPSA) is 66.6 Å². The molecule has 1 saturated carbocycles. The van der Waals surface area contributed by atoms with Gasteiger partial charge in [-0.15, -0.1) is 0 Å². The first-order valence-electron chi connectivity index (χ1n) is 9.21. The molecule has 1 N–H and O–H groups in total. The Kier molecular flexibility index (Phi) is 4.57. The van der Waals surface area contributed by atoms with Crippen LogP contribution in [0.4, 0.5) is 0 Å². The Bertz CT molecular complexity index is 737. The fourth-order valence-electron chi connectivity index (χ4n) is 3.79. The molecular formula is C20H24N2O3. The maximum absolute atomic E-state index is 13.3. The standard InChI is InChI=1S/C20H24N2O3/c23-13-17(15-10-11-15)22(12-14-6-2-1-3-7-14)20(24)19-16-8-4-5-9-18(16)25-21-19/h1-3,6-7,15,17,23H,4-5,8-13H2. The minimum absolute atomic E-state index is 0.0106. The highest BCUT2D eigenvalue weighted by molar-refractivity contribution is 5.94. The lowest BCUT2D eigenvalue weighted by atomic mass is 9.95. The molecule has 1 amide bonds. The molecule has 0 bridgehead atoms. The lowest BCUT2D eigenvalue weighted by Gasteiger charge is -2.30. The average Bonchev–Trinajstić information content (AvgIpc) is 3.40. The Morgan fingerprint density at radius 2 is 2.00 bits per heavy atom. The van der Waals surface area contributed by atoms with E-state index >= 15 is 0 Å². The number of nitrogens with zero attached hydrogens (tertiary/aromatic N) is 2. The smallest absolute Gasteiger partial charge is 0.276 e. The SMILES string of the molecule is O=C(c1noc2c1CCCC2)N(Cc1ccccc1)C(CO)C1CC1. The zero-order chi connectivity index (χ0) is 17.2. The van der Waals surface area contributed by atoms with E-state index in [0.717, 1.165) is 55.4 Å². The van der Waals surface area contributed by atoms with Gasteiger partial charge in [-0.05, 0) is 43.6 Å². The quantitative estimate of drug-likeness (QED) is 0.878. The van der Waals surface area contributed by atoms with E-state index in [1.807, 2.05) is 30.3 Å². The molecule has 1 fully saturated rings. The van der Waals surface area contributed by atoms with Gasteiger partial charge in [0.05, 0.1) is 12.6 Å². The van der Waals surface area contributed by atoms with Gasteiger partial charge in [0.1, 0.15) is 5.76 Å². The van der Waals surface area contributed by atoms with Gasteiger partial charge in [-0.25, -0.2) is 0 Å². The van der Waals surface area contributed by atoms with Crippen molar-refractivity contribution in [3.05, 3.63) is 52.9 Å². The van der Waals surface area contributed by atoms with Crippen molar-refractivity contribution in [3.63, 3.8) is 0 Å². The van der Waals surface area contributed by atoms with Crippen LogP contribution in [0, 0.1) is 5.92 Å². The lowest BCUT2D eigenvalue weighted by Crippen LogP contribution is -2.44. The summed E-state index contributed by atoms with van der Waals surface area (Å²) in [5, 5.41) is 14.0. The predicted octanol–water partition coefficient (Wildman–Crippen LogP) is 2.97. The summed E-state index contributed by atoms with van der Waals surface area (Å²) in [4.78, 5) is 15.1. The van der Waals surface area contributed by atoms with E-state index in [0.29, 0.717) is 18.2 Å². The molecule has 1 aromatic heterocycles. The fraction of sp³-hybridized carbons (Fsp3) is 0.500. The number of carbonyl (C=O) groups excluding carboxylic acids is 1. The van der Waals surface area contributed by atoms with E-state index in [4.69, 9.17) is 4.52 Å². The molecule has 2 aromatic rings. The number of rotatable bonds is 6. The van der Waals surface area contributed by atoms with Crippen molar-refractivity contribution < 1.29 is 14.4 Å². The van der Waals surface area contributed by atoms with Gasteiger partial charge in [-0.1, -0.05) is 35.5 Å². The highest BCUT2D eigenvalue weighted by Crippen LogP contribution is 2.37. The first-order chi connectivity index (χ1) is 12.3. The van der Waals surface area contributed by atoms with E-state index in [-0.39, 0.29) is 18.6 Å². The predicted molar refractivity (Wildman–Crippen MR) is 93.1 cm³/mol. The first kappa shape index (κ1) is 16.3. The van der Waals surface area contributed by atoms with Crippen LogP contribution in [0.1, 0.15) is 53.1 Å². The van der Waals surface area contributed by atoms with E-state index in [1.54, 1.807) is 4.90 Å². The Hall–Kier alpha value is -2.14. The van der Waals surface area contributed by atoms with Gasteiger partial charge in [-0.3, -0.25) is 4.79 Å². The molecule has 2 aliphatic rings. The Morgan fingerprint density at radius 1 is 1.24 bits per heavy atom. The van der Waals surface area contributed by atoms with Crippen molar-refractivity contribution in [2.24, 2.45) is 5.92 Å². The number of aliphatic hydroxyl groups is 1. The van der Waals surface area contributed by atoms with Crippen LogP contribution in [0.2, 0.25) is 0 Å². The minimum Gasteiger partial charge on any atom is -0.394 e. The third-order valence-electron chi connectivity index (χ3n) is 5.36. The summed E-state index contributed by atoms with van der Waals surface area (Å²) in [6, 6.07) is 9.79. The molecule has 2 aliphatic carbocycles. The van der Waals surface area contributed by atoms with Crippen molar-refractivity contribution in [1.29, 1.82) is 0 Å². The van der Waals surface area contributed by atoms with E-state index in [9.17, 15) is 9.90 Å². The molecule has 1 aromatic carbocycles. The number of aryl methyl sites for hydroxylation is 1. The van der Waals surface area contributed by atoms with E-state index in [2.05, 4.69) is 5.16 Å². The van der Waals surface area contributed by atoms with E-state index < -0.39 is 0 Å². The number of benzene rings is 1. The maximum atomic E-state index is 13.3. The molecule has 0 spiro atoms. The fourth-order valence-corrected chi connectivity index (χ4v) is 3.79. The van der Waals surface area contributed by atoms with Crippen LogP contribution in [-0.2, 0) is 19.4 Å². The molecule has 5 nitrogen and oxygen atoms in total. The zero-order valence-corrected chi connectivity index (χ0v) is 14.4. The van der Waals surface area contributed by atoms with Gasteiger partial charge >= 0.3 is 0 Å². The van der Waals surface area contributed by atoms with Gasteiger partial charge in [0.25, 0.3) is 5.91 Å².